The smallest absolute Gasteiger partial charge is 0.164 e. The molecule has 1 aromatic heterocycles. The van der Waals surface area contributed by atoms with Gasteiger partial charge in [-0.3, -0.25) is 0 Å². The van der Waals surface area contributed by atoms with Crippen molar-refractivity contribution in [3.05, 3.63) is 138 Å². The summed E-state index contributed by atoms with van der Waals surface area (Å²) in [7, 11) is 0. The van der Waals surface area contributed by atoms with Crippen molar-refractivity contribution in [3.63, 3.8) is 0 Å². The van der Waals surface area contributed by atoms with E-state index in [1.165, 1.54) is 0 Å². The third kappa shape index (κ3) is 4.16. The maximum atomic E-state index is 9.76. The van der Waals surface area contributed by atoms with Gasteiger partial charge in [0.2, 0.25) is 0 Å². The zero-order chi connectivity index (χ0) is 42.9. The minimum Gasteiger partial charge on any atom is -0.208 e. The first-order chi connectivity index (χ1) is 27.6. The van der Waals surface area contributed by atoms with Crippen LogP contribution in [-0.2, 0) is 5.41 Å². The van der Waals surface area contributed by atoms with Crippen LogP contribution in [0.3, 0.4) is 0 Å². The van der Waals surface area contributed by atoms with Crippen LogP contribution in [0, 0.1) is 0 Å². The van der Waals surface area contributed by atoms with E-state index in [-0.39, 0.29) is 17.5 Å². The second-order valence-electron chi connectivity index (χ2n) is 9.75. The Balaban J connectivity index is 1.50. The highest BCUT2D eigenvalue weighted by atomic mass is 15.0. The molecule has 1 spiro atoms. The summed E-state index contributed by atoms with van der Waals surface area (Å²) in [6.45, 7) is 0. The second-order valence-corrected chi connectivity index (χ2v) is 9.75. The number of hydrogen-bond donors (Lipinski definition) is 0. The molecule has 0 unspecified atom stereocenters. The van der Waals surface area contributed by atoms with Crippen LogP contribution >= 0.6 is 0 Å². The Kier molecular flexibility index (Phi) is 3.14. The van der Waals surface area contributed by atoms with E-state index in [9.17, 15) is 11.0 Å². The van der Waals surface area contributed by atoms with E-state index in [0.717, 1.165) is 0 Å². The highest BCUT2D eigenvalue weighted by Gasteiger charge is 2.43. The zero-order valence-electron chi connectivity index (χ0n) is 39.0. The first-order valence-corrected chi connectivity index (χ1v) is 13.3. The van der Waals surface area contributed by atoms with Crippen LogP contribution in [0.5, 0.6) is 0 Å². The molecule has 3 heteroatoms. The summed E-state index contributed by atoms with van der Waals surface area (Å²) in [4.78, 5) is 13.8. The van der Waals surface area contributed by atoms with Crippen molar-refractivity contribution >= 4 is 0 Å². The highest BCUT2D eigenvalue weighted by Crippen LogP contribution is 2.56. The second kappa shape index (κ2) is 10.2. The predicted molar refractivity (Wildman–Crippen MR) is 171 cm³/mol. The Hall–Kier alpha value is -4.89. The number of hydrogen-bond acceptors (Lipinski definition) is 3. The average molecular weight is 559 g/mol. The first kappa shape index (κ1) is 13.0. The Morgan fingerprint density at radius 3 is 1.79 bits per heavy atom. The lowest BCUT2D eigenvalue weighted by atomic mass is 9.67. The van der Waals surface area contributed by atoms with Gasteiger partial charge in [0.1, 0.15) is 0 Å². The van der Waals surface area contributed by atoms with Gasteiger partial charge in [0.25, 0.3) is 0 Å². The molecule has 0 amide bonds. The largest absolute Gasteiger partial charge is 0.208 e. The molecule has 202 valence electrons. The molecule has 3 nitrogen and oxygen atoms in total. The third-order valence-electron chi connectivity index (χ3n) is 7.26. The van der Waals surface area contributed by atoms with Crippen LogP contribution in [0.4, 0.5) is 0 Å². The van der Waals surface area contributed by atoms with Gasteiger partial charge in [-0.05, 0) is 58.2 Å². The summed E-state index contributed by atoms with van der Waals surface area (Å²) in [5, 5.41) is 0. The minimum atomic E-state index is -3.05. The molecule has 0 aliphatic heterocycles. The summed E-state index contributed by atoms with van der Waals surface area (Å²) in [5.74, 6) is -0.0146. The first-order valence-electron chi connectivity index (χ1n) is 21.8. The van der Waals surface area contributed by atoms with Crippen LogP contribution in [0.1, 0.15) is 66.4 Å². The van der Waals surface area contributed by atoms with Crippen molar-refractivity contribution in [3.8, 4) is 56.4 Å². The molecule has 1 heterocycles. The van der Waals surface area contributed by atoms with Gasteiger partial charge in [0.05, 0.1) is 15.1 Å². The predicted octanol–water partition coefficient (Wildman–Crippen LogP) is 9.77. The van der Waals surface area contributed by atoms with E-state index < -0.39 is 143 Å². The van der Waals surface area contributed by atoms with E-state index in [0.29, 0.717) is 11.1 Å². The fraction of sp³-hybridized carbons (Fsp3) is 0.154. The number of nitrogens with zero attached hydrogens (tertiary/aromatic N) is 3. The quantitative estimate of drug-likeness (QED) is 0.216. The standard InChI is InChI=1S/C39H31N3/c1-4-13-27(14-5-1)36-40-37(28-15-6-2-7-16-28)42-38(41-36)31-18-12-17-29(25-31)30-21-22-33-32-19-8-9-20-34(32)39(35(33)26-30)23-10-3-11-24-39/h1-2,4-9,12-22,25-26H,3,10-11,23-24H2/i3D2,8D,9D,12D,17D,18D,19D,20D,21D,22D,23D2,24D2,25D,26D. The molecular formula is C39H31N3. The number of benzene rings is 5. The normalized spacial score (nSPS) is 24.2. The van der Waals surface area contributed by atoms with E-state index in [1.54, 1.807) is 60.7 Å². The molecular weight excluding hydrogens is 510 g/mol. The third-order valence-corrected chi connectivity index (χ3v) is 7.26. The summed E-state index contributed by atoms with van der Waals surface area (Å²) in [6.07, 6.45) is -10.5. The van der Waals surface area contributed by atoms with Gasteiger partial charge in [0, 0.05) is 30.3 Å². The molecule has 6 aromatic rings. The summed E-state index contributed by atoms with van der Waals surface area (Å²) >= 11 is 0. The summed E-state index contributed by atoms with van der Waals surface area (Å²) in [5.41, 5.74) is -5.87. The summed E-state index contributed by atoms with van der Waals surface area (Å²) in [6, 6.07) is 8.57. The van der Waals surface area contributed by atoms with Crippen molar-refractivity contribution in [2.24, 2.45) is 0 Å². The van der Waals surface area contributed by atoms with Gasteiger partial charge in [-0.25, -0.2) is 15.0 Å². The Morgan fingerprint density at radius 2 is 1.10 bits per heavy atom. The average Bonchev–Trinajstić information content (AvgIpc) is 3.53. The van der Waals surface area contributed by atoms with Crippen LogP contribution in [-0.4, -0.2) is 15.0 Å². The van der Waals surface area contributed by atoms with Gasteiger partial charge in [0.15, 0.2) is 17.5 Å². The molecule has 8 rings (SSSR count). The lowest BCUT2D eigenvalue weighted by molar-refractivity contribution is 0.353. The van der Waals surface area contributed by atoms with E-state index in [2.05, 4.69) is 15.0 Å². The Bertz CT molecular complexity index is 2700. The fourth-order valence-electron chi connectivity index (χ4n) is 5.28. The molecule has 0 N–H and O–H groups in total. The van der Waals surface area contributed by atoms with E-state index in [4.69, 9.17) is 12.3 Å². The minimum absolute atomic E-state index is 0.130. The monoisotopic (exact) mass is 558 g/mol. The number of fused-ring (bicyclic) bond motifs is 5. The molecule has 0 saturated heterocycles. The Labute approximate surface area is 270 Å². The molecule has 0 bridgehead atoms. The van der Waals surface area contributed by atoms with Crippen molar-refractivity contribution in [1.29, 1.82) is 0 Å². The number of rotatable bonds is 4. The van der Waals surface area contributed by atoms with Crippen LogP contribution < -0.4 is 0 Å². The topological polar surface area (TPSA) is 38.7 Å². The van der Waals surface area contributed by atoms with Gasteiger partial charge < -0.3 is 0 Å². The molecule has 2 aliphatic carbocycles. The van der Waals surface area contributed by atoms with Crippen LogP contribution in [0.25, 0.3) is 56.4 Å². The lowest BCUT2D eigenvalue weighted by Crippen LogP contribution is -2.28. The SMILES string of the molecule is [2H]c1c([2H])c(-c2nc(-c3ccccc3)nc(-c3ccccc3)n2)c([2H])c(-c2c([2H])c([2H])c3c(c2[2H])C2(c4c([2H])c([2H])c([2H])c([2H])c4-3)C([2H])([2H])CC([2H])([2H])CC2([2H])[2H])c1[2H]. The van der Waals surface area contributed by atoms with Crippen LogP contribution in [0.15, 0.2) is 127 Å². The maximum Gasteiger partial charge on any atom is 0.164 e. The van der Waals surface area contributed by atoms with Crippen molar-refractivity contribution < 1.29 is 23.3 Å². The highest BCUT2D eigenvalue weighted by molar-refractivity contribution is 5.84. The van der Waals surface area contributed by atoms with Gasteiger partial charge >= 0.3 is 0 Å². The van der Waals surface area contributed by atoms with E-state index in [1.807, 2.05) is 0 Å². The van der Waals surface area contributed by atoms with Crippen LogP contribution in [0.2, 0.25) is 0 Å². The van der Waals surface area contributed by atoms with Gasteiger partial charge in [-0.1, -0.05) is 134 Å². The molecule has 2 aliphatic rings. The zero-order valence-corrected chi connectivity index (χ0v) is 22.0. The Morgan fingerprint density at radius 1 is 0.524 bits per heavy atom. The molecule has 42 heavy (non-hydrogen) atoms. The van der Waals surface area contributed by atoms with Gasteiger partial charge in [-0.2, -0.15) is 0 Å². The van der Waals surface area contributed by atoms with Crippen molar-refractivity contribution in [1.82, 2.24) is 15.0 Å². The molecule has 1 fully saturated rings. The molecule has 5 aromatic carbocycles. The fourth-order valence-corrected chi connectivity index (χ4v) is 5.28. The van der Waals surface area contributed by atoms with E-state index >= 15 is 0 Å². The molecule has 0 radical (unpaired) electrons. The summed E-state index contributed by atoms with van der Waals surface area (Å²) < 4.78 is 154. The number of aromatic nitrogens is 3. The molecule has 0 atom stereocenters. The lowest BCUT2D eigenvalue weighted by Gasteiger charge is -2.36. The molecule has 1 saturated carbocycles. The maximum absolute atomic E-state index is 9.76. The van der Waals surface area contributed by atoms with Gasteiger partial charge in [-0.15, -0.1) is 0 Å². The van der Waals surface area contributed by atoms with Crippen molar-refractivity contribution in [2.45, 2.75) is 37.4 Å². The van der Waals surface area contributed by atoms with Crippen molar-refractivity contribution in [2.75, 3.05) is 0 Å².